The van der Waals surface area contributed by atoms with Crippen LogP contribution in [0.25, 0.3) is 22.4 Å². The molecule has 52 heavy (non-hydrogen) atoms. The number of nitrogens with zero attached hydrogens (tertiary/aromatic N) is 5. The van der Waals surface area contributed by atoms with E-state index in [1.807, 2.05) is 16.7 Å². The van der Waals surface area contributed by atoms with Crippen LogP contribution in [0.2, 0.25) is 0 Å². The van der Waals surface area contributed by atoms with E-state index in [0.717, 1.165) is 43.6 Å². The molecule has 4 aromatic heterocycles. The summed E-state index contributed by atoms with van der Waals surface area (Å²) in [5, 5.41) is 2.71. The number of imidazole rings is 1. The van der Waals surface area contributed by atoms with Gasteiger partial charge in [-0.25, -0.2) is 13.4 Å². The zero-order chi connectivity index (χ0) is 37.3. The topological polar surface area (TPSA) is 172 Å². The molecule has 17 heteroatoms. The minimum atomic E-state index is -4.58. The van der Waals surface area contributed by atoms with Crippen LogP contribution in [-0.2, 0) is 32.2 Å². The van der Waals surface area contributed by atoms with E-state index in [2.05, 4.69) is 30.2 Å². The van der Waals surface area contributed by atoms with Crippen molar-refractivity contribution in [2.24, 2.45) is 5.41 Å². The number of fused-ring (bicyclic) bond motifs is 1. The summed E-state index contributed by atoms with van der Waals surface area (Å²) in [7, 11) is -0.0372. The molecule has 0 saturated heterocycles. The van der Waals surface area contributed by atoms with Crippen LogP contribution in [0, 0.1) is 5.41 Å². The van der Waals surface area contributed by atoms with Crippen LogP contribution in [0.5, 0.6) is 0 Å². The third-order valence-corrected chi connectivity index (χ3v) is 10.1. The van der Waals surface area contributed by atoms with E-state index < -0.39 is 33.6 Å². The lowest BCUT2D eigenvalue weighted by atomic mass is 9.86. The number of hydrogen-bond donors (Lipinski definition) is 3. The highest BCUT2D eigenvalue weighted by Crippen LogP contribution is 2.46. The fraction of sp³-hybridized carbons (Fsp3) is 0.486. The third kappa shape index (κ3) is 8.86. The highest BCUT2D eigenvalue weighted by molar-refractivity contribution is 7.89. The monoisotopic (exact) mass is 742 g/mol. The molecule has 0 aromatic carbocycles. The summed E-state index contributed by atoms with van der Waals surface area (Å²) in [6.07, 6.45) is 5.54. The van der Waals surface area contributed by atoms with E-state index in [4.69, 9.17) is 4.74 Å². The number of amides is 2. The normalized spacial score (nSPS) is 15.9. The summed E-state index contributed by atoms with van der Waals surface area (Å²) < 4.78 is 72.5. The van der Waals surface area contributed by atoms with E-state index in [-0.39, 0.29) is 52.0 Å². The molecule has 6 rings (SSSR count). The Morgan fingerprint density at radius 3 is 2.48 bits per heavy atom. The Bertz CT molecular complexity index is 2060. The average molecular weight is 743 g/mol. The lowest BCUT2D eigenvalue weighted by Crippen LogP contribution is -2.37. The van der Waals surface area contributed by atoms with Crippen LogP contribution in [-0.4, -0.2) is 78.7 Å². The first-order chi connectivity index (χ1) is 24.6. The second-order valence-electron chi connectivity index (χ2n) is 13.9. The molecule has 2 fully saturated rings. The summed E-state index contributed by atoms with van der Waals surface area (Å²) >= 11 is 0. The van der Waals surface area contributed by atoms with Gasteiger partial charge in [-0.15, -0.1) is 0 Å². The summed E-state index contributed by atoms with van der Waals surface area (Å²) in [6.45, 7) is 1.18. The number of hydrogen-bond acceptors (Lipinski definition) is 10. The number of ether oxygens (including phenoxy) is 1. The molecule has 3 N–H and O–H groups in total. The largest absolute Gasteiger partial charge is 0.418 e. The number of nitrogens with one attached hydrogen (secondary N) is 3. The van der Waals surface area contributed by atoms with E-state index in [1.54, 1.807) is 19.2 Å². The molecular formula is C35H41F3N8O5S. The summed E-state index contributed by atoms with van der Waals surface area (Å²) in [6, 6.07) is 6.04. The Morgan fingerprint density at radius 2 is 1.85 bits per heavy atom. The number of rotatable bonds is 14. The molecule has 2 saturated carbocycles. The van der Waals surface area contributed by atoms with Gasteiger partial charge in [-0.1, -0.05) is 18.9 Å². The quantitative estimate of drug-likeness (QED) is 0.148. The van der Waals surface area contributed by atoms with Crippen molar-refractivity contribution in [3.8, 4) is 11.3 Å². The fourth-order valence-electron chi connectivity index (χ4n) is 6.96. The number of H-pyrrole nitrogens is 1. The highest BCUT2D eigenvalue weighted by atomic mass is 32.2. The van der Waals surface area contributed by atoms with Crippen LogP contribution in [0.3, 0.4) is 0 Å². The minimum Gasteiger partial charge on any atom is -0.384 e. The molecule has 0 radical (unpaired) electrons. The maximum absolute atomic E-state index is 14.2. The van der Waals surface area contributed by atoms with E-state index >= 15 is 0 Å². The molecule has 2 aliphatic carbocycles. The maximum Gasteiger partial charge on any atom is 0.418 e. The van der Waals surface area contributed by atoms with Crippen molar-refractivity contribution in [1.29, 1.82) is 0 Å². The van der Waals surface area contributed by atoms with Crippen molar-refractivity contribution in [3.05, 3.63) is 59.2 Å². The summed E-state index contributed by atoms with van der Waals surface area (Å²) in [4.78, 5) is 47.8. The number of carbonyl (C=O) groups excluding carboxylic acids is 2. The minimum absolute atomic E-state index is 0.00737. The first kappa shape index (κ1) is 37.1. The lowest BCUT2D eigenvalue weighted by Gasteiger charge is -2.34. The smallest absolute Gasteiger partial charge is 0.384 e. The maximum atomic E-state index is 14.2. The summed E-state index contributed by atoms with van der Waals surface area (Å²) in [5.41, 5.74) is 1.83. The van der Waals surface area contributed by atoms with Crippen LogP contribution in [0.15, 0.2) is 36.7 Å². The molecule has 0 spiro atoms. The third-order valence-electron chi connectivity index (χ3n) is 9.48. The zero-order valence-corrected chi connectivity index (χ0v) is 30.0. The SMILES string of the molecule is COCC1(CN(C)c2cc(-c3cnc(C4CC4)c(C(F)(F)F)c3)nc3nc(NC(=O)c4ccc(CCCC(=O)NS(C)(=O)=O)cn4)[nH]c23)CCCC1. The summed E-state index contributed by atoms with van der Waals surface area (Å²) in [5.74, 6) is -1.28. The molecule has 0 unspecified atom stereocenters. The van der Waals surface area contributed by atoms with Crippen molar-refractivity contribution in [2.75, 3.05) is 43.8 Å². The van der Waals surface area contributed by atoms with Gasteiger partial charge in [0, 0.05) is 56.4 Å². The molecule has 278 valence electrons. The van der Waals surface area contributed by atoms with Gasteiger partial charge in [0.05, 0.1) is 35.5 Å². The molecule has 2 aliphatic rings. The van der Waals surface area contributed by atoms with Crippen molar-refractivity contribution < 1.29 is 35.9 Å². The van der Waals surface area contributed by atoms with Crippen molar-refractivity contribution in [1.82, 2.24) is 29.6 Å². The molecular weight excluding hydrogens is 701 g/mol. The van der Waals surface area contributed by atoms with Crippen LogP contribution in [0.1, 0.15) is 84.6 Å². The van der Waals surface area contributed by atoms with Crippen molar-refractivity contribution in [3.63, 3.8) is 0 Å². The van der Waals surface area contributed by atoms with Crippen molar-refractivity contribution >= 4 is 44.6 Å². The number of sulfonamides is 1. The van der Waals surface area contributed by atoms with E-state index in [9.17, 15) is 31.2 Å². The van der Waals surface area contributed by atoms with Gasteiger partial charge in [-0.05, 0) is 62.3 Å². The predicted molar refractivity (Wildman–Crippen MR) is 188 cm³/mol. The Kier molecular flexibility index (Phi) is 10.5. The van der Waals surface area contributed by atoms with Crippen LogP contribution < -0.4 is 14.9 Å². The van der Waals surface area contributed by atoms with Gasteiger partial charge < -0.3 is 14.6 Å². The number of pyridine rings is 3. The van der Waals surface area contributed by atoms with Gasteiger partial charge in [-0.2, -0.15) is 18.2 Å². The average Bonchev–Trinajstić information content (AvgIpc) is 3.69. The van der Waals surface area contributed by atoms with Gasteiger partial charge in [0.2, 0.25) is 21.9 Å². The number of alkyl halides is 3. The second-order valence-corrected chi connectivity index (χ2v) is 15.6. The van der Waals surface area contributed by atoms with E-state index in [0.29, 0.717) is 50.0 Å². The van der Waals surface area contributed by atoms with Crippen molar-refractivity contribution in [2.45, 2.75) is 69.9 Å². The van der Waals surface area contributed by atoms with Gasteiger partial charge in [0.1, 0.15) is 11.2 Å². The van der Waals surface area contributed by atoms with Crippen LogP contribution in [0.4, 0.5) is 24.8 Å². The number of halogens is 3. The highest BCUT2D eigenvalue weighted by Gasteiger charge is 2.40. The first-order valence-electron chi connectivity index (χ1n) is 17.1. The number of methoxy groups -OCH3 is 1. The van der Waals surface area contributed by atoms with Gasteiger partial charge >= 0.3 is 6.18 Å². The number of aromatic amines is 1. The Labute approximate surface area is 299 Å². The predicted octanol–water partition coefficient (Wildman–Crippen LogP) is 5.60. The Morgan fingerprint density at radius 1 is 1.10 bits per heavy atom. The molecule has 2 amide bonds. The Balaban J connectivity index is 1.26. The van der Waals surface area contributed by atoms with Gasteiger partial charge in [0.25, 0.3) is 5.91 Å². The molecule has 4 heterocycles. The number of anilines is 2. The first-order valence-corrected chi connectivity index (χ1v) is 19.0. The molecule has 0 bridgehead atoms. The number of aryl methyl sites for hydroxylation is 1. The molecule has 4 aromatic rings. The lowest BCUT2D eigenvalue weighted by molar-refractivity contribution is -0.138. The standard InChI is InChI=1S/C35H41F3N8O5S/c1-46(19-34(20-51-2)13-4-5-14-34)27-16-26(23-15-24(35(36,37)38)29(40-18-23)22-10-11-22)41-31-30(27)42-33(43-31)44-32(48)25-12-9-21(17-39-25)7-6-8-28(47)45-52(3,49)50/h9,12,15-18,22H,4-8,10-11,13-14,19-20H2,1-3H3,(H,45,47)(H2,41,42,43,44,48). The van der Waals surface area contributed by atoms with E-state index in [1.165, 1.54) is 18.5 Å². The number of carbonyl (C=O) groups is 2. The second kappa shape index (κ2) is 14.8. The molecule has 0 atom stereocenters. The Hall–Kier alpha value is -4.64. The molecule has 0 aliphatic heterocycles. The van der Waals surface area contributed by atoms with Crippen LogP contribution >= 0.6 is 0 Å². The van der Waals surface area contributed by atoms with Gasteiger partial charge in [-0.3, -0.25) is 29.6 Å². The van der Waals surface area contributed by atoms with Gasteiger partial charge in [0.15, 0.2) is 5.65 Å². The zero-order valence-electron chi connectivity index (χ0n) is 29.1. The number of aromatic nitrogens is 5. The fourth-order valence-corrected chi connectivity index (χ4v) is 7.48. The molecule has 13 nitrogen and oxygen atoms in total.